The predicted octanol–water partition coefficient (Wildman–Crippen LogP) is 5.44. The van der Waals surface area contributed by atoms with Gasteiger partial charge in [-0.25, -0.2) is 0 Å². The van der Waals surface area contributed by atoms with Crippen molar-refractivity contribution in [3.8, 4) is 23.3 Å². The number of fused-ring (bicyclic) bond motifs is 1. The first-order valence-corrected chi connectivity index (χ1v) is 11.9. The van der Waals surface area contributed by atoms with Crippen LogP contribution >= 0.6 is 11.6 Å². The van der Waals surface area contributed by atoms with Crippen LogP contribution in [0.4, 0.5) is 0 Å². The summed E-state index contributed by atoms with van der Waals surface area (Å²) < 4.78 is 16.6. The summed E-state index contributed by atoms with van der Waals surface area (Å²) >= 11 is 6.19. The van der Waals surface area contributed by atoms with Gasteiger partial charge in [-0.1, -0.05) is 48.0 Å². The van der Waals surface area contributed by atoms with Gasteiger partial charge in [-0.3, -0.25) is 14.5 Å². The second-order valence-corrected chi connectivity index (χ2v) is 8.91. The third-order valence-corrected chi connectivity index (χ3v) is 6.52. The van der Waals surface area contributed by atoms with Gasteiger partial charge in [0, 0.05) is 16.2 Å². The fraction of sp³-hybridized carbons (Fsp3) is 0.138. The number of rotatable bonds is 6. The molecule has 0 saturated carbocycles. The second-order valence-electron chi connectivity index (χ2n) is 8.50. The van der Waals surface area contributed by atoms with Crippen molar-refractivity contribution < 1.29 is 23.8 Å². The highest BCUT2D eigenvalue weighted by atomic mass is 35.5. The van der Waals surface area contributed by atoms with Crippen LogP contribution < -0.4 is 14.2 Å². The standard InChI is InChI=1S/C29H21ClN2O5/c1-18-23(12-19-6-9-22(10-7-19)35-16-21-4-2-3-5-25(21)30)28(33)32(29(34)24(18)14-31)15-20-8-11-26-27(13-20)37-17-36-26/h2-13H,15-17H2,1H3/b23-12+. The number of amides is 2. The van der Waals surface area contributed by atoms with Crippen LogP contribution in [-0.2, 0) is 22.7 Å². The highest BCUT2D eigenvalue weighted by Crippen LogP contribution is 2.34. The fourth-order valence-electron chi connectivity index (χ4n) is 4.10. The molecule has 3 aromatic rings. The Morgan fingerprint density at radius 3 is 2.54 bits per heavy atom. The van der Waals surface area contributed by atoms with Crippen LogP contribution in [0.15, 0.2) is 83.4 Å². The van der Waals surface area contributed by atoms with Gasteiger partial charge < -0.3 is 14.2 Å². The lowest BCUT2D eigenvalue weighted by atomic mass is 9.93. The lowest BCUT2D eigenvalue weighted by Gasteiger charge is -2.27. The number of nitriles is 1. The Bertz CT molecular complexity index is 1500. The molecule has 2 heterocycles. The van der Waals surface area contributed by atoms with Gasteiger partial charge in [0.2, 0.25) is 6.79 Å². The largest absolute Gasteiger partial charge is 0.489 e. The Kier molecular flexibility index (Phi) is 6.67. The number of ether oxygens (including phenoxy) is 3. The quantitative estimate of drug-likeness (QED) is 0.323. The number of nitrogens with zero attached hydrogens (tertiary/aromatic N) is 2. The maximum atomic E-state index is 13.4. The highest BCUT2D eigenvalue weighted by Gasteiger charge is 2.35. The van der Waals surface area contributed by atoms with Gasteiger partial charge in [-0.15, -0.1) is 0 Å². The molecule has 184 valence electrons. The molecule has 7 nitrogen and oxygen atoms in total. The summed E-state index contributed by atoms with van der Waals surface area (Å²) in [4.78, 5) is 27.5. The molecule has 0 unspecified atom stereocenters. The first kappa shape index (κ1) is 24.2. The van der Waals surface area contributed by atoms with Crippen molar-refractivity contribution in [1.29, 1.82) is 5.26 Å². The van der Waals surface area contributed by atoms with Crippen molar-refractivity contribution in [2.45, 2.75) is 20.1 Å². The Labute approximate surface area is 218 Å². The Morgan fingerprint density at radius 2 is 1.78 bits per heavy atom. The molecule has 0 bridgehead atoms. The number of benzene rings is 3. The number of imide groups is 1. The average Bonchev–Trinajstić information content (AvgIpc) is 3.38. The molecule has 2 aliphatic rings. The third-order valence-electron chi connectivity index (χ3n) is 6.15. The van der Waals surface area contributed by atoms with Gasteiger partial charge in [-0.2, -0.15) is 5.26 Å². The van der Waals surface area contributed by atoms with E-state index in [2.05, 4.69) is 0 Å². The molecule has 0 fully saturated rings. The maximum absolute atomic E-state index is 13.4. The summed E-state index contributed by atoms with van der Waals surface area (Å²) in [5.74, 6) is 0.700. The van der Waals surface area contributed by atoms with E-state index in [1.807, 2.05) is 30.3 Å². The summed E-state index contributed by atoms with van der Waals surface area (Å²) in [6.07, 6.45) is 1.67. The van der Waals surface area contributed by atoms with E-state index in [9.17, 15) is 14.9 Å². The lowest BCUT2D eigenvalue weighted by molar-refractivity contribution is -0.141. The minimum Gasteiger partial charge on any atom is -0.489 e. The van der Waals surface area contributed by atoms with Crippen molar-refractivity contribution in [3.63, 3.8) is 0 Å². The van der Waals surface area contributed by atoms with Crippen LogP contribution in [0.3, 0.4) is 0 Å². The molecule has 2 aliphatic heterocycles. The number of carbonyl (C=O) groups is 2. The van der Waals surface area contributed by atoms with E-state index in [4.69, 9.17) is 25.8 Å². The van der Waals surface area contributed by atoms with Crippen LogP contribution in [0, 0.1) is 11.3 Å². The zero-order valence-corrected chi connectivity index (χ0v) is 20.6. The molecule has 8 heteroatoms. The molecule has 37 heavy (non-hydrogen) atoms. The summed E-state index contributed by atoms with van der Waals surface area (Å²) in [6.45, 7) is 2.05. The molecule has 5 rings (SSSR count). The number of carbonyl (C=O) groups excluding carboxylic acids is 2. The Balaban J connectivity index is 1.37. The lowest BCUT2D eigenvalue weighted by Crippen LogP contribution is -2.42. The second kappa shape index (κ2) is 10.2. The highest BCUT2D eigenvalue weighted by molar-refractivity contribution is 6.31. The van der Waals surface area contributed by atoms with Crippen LogP contribution in [-0.4, -0.2) is 23.5 Å². The summed E-state index contributed by atoms with van der Waals surface area (Å²) in [5, 5.41) is 10.3. The van der Waals surface area contributed by atoms with E-state index < -0.39 is 11.8 Å². The van der Waals surface area contributed by atoms with E-state index in [0.29, 0.717) is 40.0 Å². The Morgan fingerprint density at radius 1 is 1.03 bits per heavy atom. The van der Waals surface area contributed by atoms with Gasteiger partial charge in [-0.05, 0) is 60.0 Å². The molecule has 0 saturated heterocycles. The van der Waals surface area contributed by atoms with Crippen LogP contribution in [0.1, 0.15) is 23.6 Å². The van der Waals surface area contributed by atoms with Crippen molar-refractivity contribution in [3.05, 3.63) is 105 Å². The van der Waals surface area contributed by atoms with E-state index >= 15 is 0 Å². The van der Waals surface area contributed by atoms with Gasteiger partial charge in [0.1, 0.15) is 24.0 Å². The molecule has 2 amide bonds. The summed E-state index contributed by atoms with van der Waals surface area (Å²) in [7, 11) is 0. The van der Waals surface area contributed by atoms with Crippen molar-refractivity contribution in [2.24, 2.45) is 0 Å². The molecular formula is C29H21ClN2O5. The number of hydrogen-bond acceptors (Lipinski definition) is 6. The van der Waals surface area contributed by atoms with Crippen molar-refractivity contribution in [2.75, 3.05) is 6.79 Å². The van der Waals surface area contributed by atoms with Crippen LogP contribution in [0.5, 0.6) is 17.2 Å². The van der Waals surface area contributed by atoms with E-state index in [-0.39, 0.29) is 24.5 Å². The van der Waals surface area contributed by atoms with Crippen LogP contribution in [0.25, 0.3) is 6.08 Å². The predicted molar refractivity (Wildman–Crippen MR) is 137 cm³/mol. The first-order valence-electron chi connectivity index (χ1n) is 11.5. The van der Waals surface area contributed by atoms with E-state index in [0.717, 1.165) is 16.0 Å². The summed E-state index contributed by atoms with van der Waals surface area (Å²) in [5.41, 5.74) is 2.84. The van der Waals surface area contributed by atoms with E-state index in [1.165, 1.54) is 0 Å². The maximum Gasteiger partial charge on any atom is 0.271 e. The monoisotopic (exact) mass is 512 g/mol. The third kappa shape index (κ3) is 4.92. The smallest absolute Gasteiger partial charge is 0.271 e. The normalized spacial score (nSPS) is 15.8. The summed E-state index contributed by atoms with van der Waals surface area (Å²) in [6, 6.07) is 21.8. The van der Waals surface area contributed by atoms with Gasteiger partial charge >= 0.3 is 0 Å². The fourth-order valence-corrected chi connectivity index (χ4v) is 4.29. The molecule has 0 aliphatic carbocycles. The SMILES string of the molecule is CC1=C(C#N)C(=O)N(Cc2ccc3c(c2)OCO3)C(=O)/C1=C/c1ccc(OCc2ccccc2Cl)cc1. The van der Waals surface area contributed by atoms with Gasteiger partial charge in [0.05, 0.1) is 6.54 Å². The zero-order valence-electron chi connectivity index (χ0n) is 19.9. The molecule has 3 aromatic carbocycles. The molecule has 0 spiro atoms. The topological polar surface area (TPSA) is 88.9 Å². The van der Waals surface area contributed by atoms with Crippen LogP contribution in [0.2, 0.25) is 5.02 Å². The van der Waals surface area contributed by atoms with Gasteiger partial charge in [0.15, 0.2) is 11.5 Å². The average molecular weight is 513 g/mol. The number of halogens is 1. The number of hydrogen-bond donors (Lipinski definition) is 0. The van der Waals surface area contributed by atoms with E-state index in [1.54, 1.807) is 55.5 Å². The van der Waals surface area contributed by atoms with Gasteiger partial charge in [0.25, 0.3) is 11.8 Å². The Hall–Kier alpha value is -4.54. The zero-order chi connectivity index (χ0) is 25.9. The molecule has 0 aromatic heterocycles. The minimum atomic E-state index is -0.622. The molecular weight excluding hydrogens is 492 g/mol. The molecule has 0 N–H and O–H groups in total. The first-order chi connectivity index (χ1) is 17.9. The molecule has 0 radical (unpaired) electrons. The van der Waals surface area contributed by atoms with Crippen molar-refractivity contribution >= 4 is 29.5 Å². The minimum absolute atomic E-state index is 0.00106. The van der Waals surface area contributed by atoms with Crippen molar-refractivity contribution in [1.82, 2.24) is 4.90 Å². The molecule has 0 atom stereocenters.